The Kier molecular flexibility index (Phi) is 4.53. The number of carbonyl (C=O) groups is 1. The maximum absolute atomic E-state index is 11.4. The number of nitrogens with one attached hydrogen (secondary N) is 1. The van der Waals surface area contributed by atoms with Gasteiger partial charge in [-0.05, 0) is 24.0 Å². The maximum Gasteiger partial charge on any atom is 0.304 e. The van der Waals surface area contributed by atoms with Crippen LogP contribution in [0.5, 0.6) is 0 Å². The number of amides is 1. The SMILES string of the molecule is [C-]#[N+]CC(=O)Nc1ccccc1C(C)CC. The molecule has 1 aromatic carbocycles. The van der Waals surface area contributed by atoms with E-state index in [4.69, 9.17) is 6.57 Å². The predicted octanol–water partition coefficient (Wildman–Crippen LogP) is 3.06. The minimum Gasteiger partial charge on any atom is -0.319 e. The van der Waals surface area contributed by atoms with E-state index >= 15 is 0 Å². The Morgan fingerprint density at radius 2 is 2.19 bits per heavy atom. The van der Waals surface area contributed by atoms with Crippen molar-refractivity contribution in [2.45, 2.75) is 26.2 Å². The number of carbonyl (C=O) groups excluding carboxylic acids is 1. The van der Waals surface area contributed by atoms with Gasteiger partial charge in [-0.25, -0.2) is 6.57 Å². The van der Waals surface area contributed by atoms with Gasteiger partial charge in [0.25, 0.3) is 6.54 Å². The molecule has 0 saturated heterocycles. The molecule has 1 unspecified atom stereocenters. The molecule has 3 nitrogen and oxygen atoms in total. The topological polar surface area (TPSA) is 33.5 Å². The van der Waals surface area contributed by atoms with Crippen molar-refractivity contribution in [1.82, 2.24) is 0 Å². The van der Waals surface area contributed by atoms with Crippen molar-refractivity contribution in [3.8, 4) is 0 Å². The van der Waals surface area contributed by atoms with E-state index in [1.165, 1.54) is 0 Å². The van der Waals surface area contributed by atoms with Crippen LogP contribution in [0.25, 0.3) is 4.85 Å². The molecule has 0 aromatic heterocycles. The first-order chi connectivity index (χ1) is 7.69. The molecular formula is C13H16N2O. The predicted molar refractivity (Wildman–Crippen MR) is 65.2 cm³/mol. The first kappa shape index (κ1) is 12.3. The summed E-state index contributed by atoms with van der Waals surface area (Å²) in [6, 6.07) is 7.75. The van der Waals surface area contributed by atoms with Crippen LogP contribution in [-0.4, -0.2) is 12.5 Å². The van der Waals surface area contributed by atoms with Crippen molar-refractivity contribution >= 4 is 11.6 Å². The zero-order chi connectivity index (χ0) is 12.0. The summed E-state index contributed by atoms with van der Waals surface area (Å²) in [6.07, 6.45) is 1.02. The van der Waals surface area contributed by atoms with Gasteiger partial charge >= 0.3 is 5.91 Å². The second-order valence-electron chi connectivity index (χ2n) is 3.76. The molecule has 0 saturated carbocycles. The number of para-hydroxylation sites is 1. The van der Waals surface area contributed by atoms with Crippen molar-refractivity contribution < 1.29 is 4.79 Å². The molecule has 0 spiro atoms. The Bertz CT molecular complexity index is 407. The number of rotatable bonds is 4. The monoisotopic (exact) mass is 216 g/mol. The second kappa shape index (κ2) is 5.92. The van der Waals surface area contributed by atoms with Crippen molar-refractivity contribution in [3.05, 3.63) is 41.2 Å². The third-order valence-corrected chi connectivity index (χ3v) is 2.60. The van der Waals surface area contributed by atoms with E-state index in [1.54, 1.807) is 0 Å². The lowest BCUT2D eigenvalue weighted by Crippen LogP contribution is -2.15. The van der Waals surface area contributed by atoms with Crippen LogP contribution in [0.1, 0.15) is 31.7 Å². The molecule has 0 heterocycles. The molecule has 0 aliphatic carbocycles. The minimum atomic E-state index is -0.245. The van der Waals surface area contributed by atoms with E-state index in [1.807, 2.05) is 24.3 Å². The summed E-state index contributed by atoms with van der Waals surface area (Å²) in [5.74, 6) is 0.162. The van der Waals surface area contributed by atoms with Gasteiger partial charge in [0.15, 0.2) is 0 Å². The normalized spacial score (nSPS) is 11.6. The van der Waals surface area contributed by atoms with Crippen molar-refractivity contribution in [1.29, 1.82) is 0 Å². The van der Waals surface area contributed by atoms with E-state index in [-0.39, 0.29) is 12.5 Å². The molecule has 84 valence electrons. The van der Waals surface area contributed by atoms with E-state index in [0.717, 1.165) is 17.7 Å². The summed E-state index contributed by atoms with van der Waals surface area (Å²) >= 11 is 0. The number of hydrogen-bond acceptors (Lipinski definition) is 1. The van der Waals surface area contributed by atoms with Crippen LogP contribution in [0.2, 0.25) is 0 Å². The van der Waals surface area contributed by atoms with Crippen molar-refractivity contribution in [2.24, 2.45) is 0 Å². The molecule has 0 radical (unpaired) electrons. The van der Waals surface area contributed by atoms with E-state index in [2.05, 4.69) is 24.0 Å². The van der Waals surface area contributed by atoms with E-state index in [0.29, 0.717) is 5.92 Å². The number of benzene rings is 1. The lowest BCUT2D eigenvalue weighted by Gasteiger charge is -2.14. The fourth-order valence-electron chi connectivity index (χ4n) is 1.52. The summed E-state index contributed by atoms with van der Waals surface area (Å²) in [5, 5.41) is 2.77. The quantitative estimate of drug-likeness (QED) is 0.771. The zero-order valence-corrected chi connectivity index (χ0v) is 9.66. The molecule has 1 aromatic rings. The van der Waals surface area contributed by atoms with E-state index < -0.39 is 0 Å². The second-order valence-corrected chi connectivity index (χ2v) is 3.76. The van der Waals surface area contributed by atoms with Crippen LogP contribution in [0.4, 0.5) is 5.69 Å². The molecule has 0 fully saturated rings. The molecule has 0 aliphatic rings. The van der Waals surface area contributed by atoms with Gasteiger partial charge in [-0.15, -0.1) is 0 Å². The largest absolute Gasteiger partial charge is 0.319 e. The van der Waals surface area contributed by atoms with E-state index in [9.17, 15) is 4.79 Å². The highest BCUT2D eigenvalue weighted by molar-refractivity contribution is 5.93. The smallest absolute Gasteiger partial charge is 0.304 e. The molecular weight excluding hydrogens is 200 g/mol. The molecule has 0 bridgehead atoms. The van der Waals surface area contributed by atoms with Crippen molar-refractivity contribution in [3.63, 3.8) is 0 Å². The highest BCUT2D eigenvalue weighted by atomic mass is 16.1. The Morgan fingerprint density at radius 1 is 1.50 bits per heavy atom. The summed E-state index contributed by atoms with van der Waals surface area (Å²) in [7, 11) is 0. The average Bonchev–Trinajstić information content (AvgIpc) is 2.29. The van der Waals surface area contributed by atoms with Crippen LogP contribution in [0.3, 0.4) is 0 Å². The lowest BCUT2D eigenvalue weighted by molar-refractivity contribution is -0.114. The van der Waals surface area contributed by atoms with Crippen LogP contribution < -0.4 is 5.32 Å². The zero-order valence-electron chi connectivity index (χ0n) is 9.66. The van der Waals surface area contributed by atoms with Gasteiger partial charge in [0, 0.05) is 5.69 Å². The summed E-state index contributed by atoms with van der Waals surface area (Å²) in [5.41, 5.74) is 1.95. The molecule has 16 heavy (non-hydrogen) atoms. The lowest BCUT2D eigenvalue weighted by atomic mass is 9.97. The molecule has 0 aliphatic heterocycles. The van der Waals surface area contributed by atoms with Gasteiger partial charge in [0.1, 0.15) is 0 Å². The van der Waals surface area contributed by atoms with Gasteiger partial charge in [0.2, 0.25) is 0 Å². The third-order valence-electron chi connectivity index (χ3n) is 2.60. The molecule has 1 rings (SSSR count). The molecule has 3 heteroatoms. The number of hydrogen-bond donors (Lipinski definition) is 1. The molecule has 1 atom stereocenters. The fourth-order valence-corrected chi connectivity index (χ4v) is 1.52. The maximum atomic E-state index is 11.4. The minimum absolute atomic E-state index is 0.116. The van der Waals surface area contributed by atoms with Gasteiger partial charge in [-0.1, -0.05) is 32.0 Å². The fraction of sp³-hybridized carbons (Fsp3) is 0.385. The third kappa shape index (κ3) is 3.09. The Morgan fingerprint density at radius 3 is 2.81 bits per heavy atom. The molecule has 1 amide bonds. The highest BCUT2D eigenvalue weighted by Crippen LogP contribution is 2.26. The van der Waals surface area contributed by atoms with Crippen LogP contribution >= 0.6 is 0 Å². The first-order valence-corrected chi connectivity index (χ1v) is 5.41. The number of anilines is 1. The van der Waals surface area contributed by atoms with Crippen LogP contribution in [0, 0.1) is 6.57 Å². The number of nitrogens with zero attached hydrogens (tertiary/aromatic N) is 1. The molecule has 1 N–H and O–H groups in total. The van der Waals surface area contributed by atoms with Gasteiger partial charge < -0.3 is 10.2 Å². The highest BCUT2D eigenvalue weighted by Gasteiger charge is 2.11. The van der Waals surface area contributed by atoms with Crippen molar-refractivity contribution in [2.75, 3.05) is 11.9 Å². The van der Waals surface area contributed by atoms with Gasteiger partial charge in [-0.3, -0.25) is 4.79 Å². The summed E-state index contributed by atoms with van der Waals surface area (Å²) < 4.78 is 0. The summed E-state index contributed by atoms with van der Waals surface area (Å²) in [6.45, 7) is 10.8. The summed E-state index contributed by atoms with van der Waals surface area (Å²) in [4.78, 5) is 14.4. The Labute approximate surface area is 96.3 Å². The first-order valence-electron chi connectivity index (χ1n) is 5.41. The van der Waals surface area contributed by atoms with Crippen LogP contribution in [-0.2, 0) is 4.79 Å². The van der Waals surface area contributed by atoms with Crippen LogP contribution in [0.15, 0.2) is 24.3 Å². The Hall–Kier alpha value is -1.82. The standard InChI is InChI=1S/C13H16N2O/c1-4-10(2)11-7-5-6-8-12(11)15-13(16)9-14-3/h5-8,10H,4,9H2,1-2H3,(H,15,16). The van der Waals surface area contributed by atoms with Gasteiger partial charge in [0.05, 0.1) is 0 Å². The Balaban J connectivity index is 2.87. The van der Waals surface area contributed by atoms with Gasteiger partial charge in [-0.2, -0.15) is 0 Å². The average molecular weight is 216 g/mol.